The highest BCUT2D eigenvalue weighted by atomic mass is 32.1. The van der Waals surface area contributed by atoms with Crippen LogP contribution in [0.15, 0.2) is 42.5 Å². The maximum Gasteiger partial charge on any atom is 0.264 e. The molecule has 0 aliphatic heterocycles. The molecule has 0 bridgehead atoms. The molecule has 1 aromatic heterocycles. The lowest BCUT2D eigenvalue weighted by molar-refractivity contribution is -0.121. The lowest BCUT2D eigenvalue weighted by atomic mass is 9.95. The van der Waals surface area contributed by atoms with Crippen LogP contribution in [0.4, 0.5) is 5.00 Å². The Morgan fingerprint density at radius 2 is 1.87 bits per heavy atom. The zero-order valence-corrected chi connectivity index (χ0v) is 17.8. The Balaban J connectivity index is 1.36. The molecule has 3 aromatic rings. The van der Waals surface area contributed by atoms with E-state index in [1.165, 1.54) is 11.3 Å². The number of ether oxygens (including phenoxy) is 1. The quantitative estimate of drug-likeness (QED) is 0.526. The molecule has 0 spiro atoms. The highest BCUT2D eigenvalue weighted by Gasteiger charge is 2.24. The Bertz CT molecular complexity index is 1140. The normalized spacial score (nSPS) is 12.8. The number of benzene rings is 2. The second-order valence-electron chi connectivity index (χ2n) is 7.08. The average molecular weight is 440 g/mol. The Labute approximate surface area is 183 Å². The van der Waals surface area contributed by atoms with E-state index in [2.05, 4.69) is 10.6 Å². The molecule has 1 heterocycles. The standard InChI is InChI=1S/C22H21N3O3S2/c23-20(27)19-16-7-3-4-8-17(16)30-21(19)25-22(29)24-18(26)12-28-15-10-9-13-5-1-2-6-14(13)11-15/h1-2,5-6,9-11H,3-4,7-8,12H2,(H2,23,27)(H2,24,25,26,29). The van der Waals surface area contributed by atoms with Gasteiger partial charge < -0.3 is 15.8 Å². The van der Waals surface area contributed by atoms with Gasteiger partial charge in [0.2, 0.25) is 0 Å². The highest BCUT2D eigenvalue weighted by molar-refractivity contribution is 7.80. The summed E-state index contributed by atoms with van der Waals surface area (Å²) in [4.78, 5) is 25.4. The van der Waals surface area contributed by atoms with Crippen molar-refractivity contribution in [2.45, 2.75) is 25.7 Å². The van der Waals surface area contributed by atoms with Crippen LogP contribution in [0.2, 0.25) is 0 Å². The summed E-state index contributed by atoms with van der Waals surface area (Å²) in [7, 11) is 0. The lowest BCUT2D eigenvalue weighted by Crippen LogP contribution is -2.37. The van der Waals surface area contributed by atoms with Crippen molar-refractivity contribution in [1.29, 1.82) is 0 Å². The molecule has 4 N–H and O–H groups in total. The fraction of sp³-hybridized carbons (Fsp3) is 0.227. The van der Waals surface area contributed by atoms with Gasteiger partial charge in [0.05, 0.1) is 5.56 Å². The topological polar surface area (TPSA) is 93.5 Å². The number of nitrogens with two attached hydrogens (primary N) is 1. The fourth-order valence-electron chi connectivity index (χ4n) is 3.62. The molecule has 30 heavy (non-hydrogen) atoms. The Kier molecular flexibility index (Phi) is 5.96. The van der Waals surface area contributed by atoms with Crippen LogP contribution in [0.25, 0.3) is 10.8 Å². The number of fused-ring (bicyclic) bond motifs is 2. The maximum atomic E-state index is 12.2. The molecule has 154 valence electrons. The second-order valence-corrected chi connectivity index (χ2v) is 8.59. The molecule has 0 saturated heterocycles. The van der Waals surface area contributed by atoms with Crippen LogP contribution >= 0.6 is 23.6 Å². The number of hydrogen-bond donors (Lipinski definition) is 3. The molecule has 1 aliphatic rings. The number of hydrogen-bond acceptors (Lipinski definition) is 5. The average Bonchev–Trinajstić information content (AvgIpc) is 3.09. The predicted molar refractivity (Wildman–Crippen MR) is 123 cm³/mol. The van der Waals surface area contributed by atoms with Crippen molar-refractivity contribution in [2.75, 3.05) is 11.9 Å². The van der Waals surface area contributed by atoms with E-state index in [9.17, 15) is 9.59 Å². The summed E-state index contributed by atoms with van der Waals surface area (Å²) in [6.07, 6.45) is 3.90. The van der Waals surface area contributed by atoms with Gasteiger partial charge in [0, 0.05) is 4.88 Å². The number of thiocarbonyl (C=S) groups is 1. The van der Waals surface area contributed by atoms with Crippen molar-refractivity contribution in [2.24, 2.45) is 5.73 Å². The van der Waals surface area contributed by atoms with Gasteiger partial charge in [-0.25, -0.2) is 0 Å². The Morgan fingerprint density at radius 3 is 2.67 bits per heavy atom. The van der Waals surface area contributed by atoms with E-state index in [0.29, 0.717) is 16.3 Å². The van der Waals surface area contributed by atoms with Crippen LogP contribution in [0.5, 0.6) is 5.75 Å². The number of thiophene rings is 1. The van der Waals surface area contributed by atoms with Gasteiger partial charge in [-0.15, -0.1) is 11.3 Å². The van der Waals surface area contributed by atoms with Crippen molar-refractivity contribution < 1.29 is 14.3 Å². The third-order valence-electron chi connectivity index (χ3n) is 4.99. The van der Waals surface area contributed by atoms with Gasteiger partial charge in [0.25, 0.3) is 11.8 Å². The zero-order valence-electron chi connectivity index (χ0n) is 16.2. The number of rotatable bonds is 5. The van der Waals surface area contributed by atoms with Crippen molar-refractivity contribution >= 4 is 56.3 Å². The molecule has 1 aliphatic carbocycles. The number of aryl methyl sites for hydroxylation is 1. The minimum Gasteiger partial charge on any atom is -0.484 e. The van der Waals surface area contributed by atoms with Gasteiger partial charge in [-0.2, -0.15) is 0 Å². The van der Waals surface area contributed by atoms with E-state index in [4.69, 9.17) is 22.7 Å². The van der Waals surface area contributed by atoms with Gasteiger partial charge in [0.15, 0.2) is 11.7 Å². The Hall–Kier alpha value is -2.97. The molecule has 8 heteroatoms. The molecule has 4 rings (SSSR count). The number of carbonyl (C=O) groups is 2. The maximum absolute atomic E-state index is 12.2. The summed E-state index contributed by atoms with van der Waals surface area (Å²) in [6, 6.07) is 13.6. The zero-order chi connectivity index (χ0) is 21.1. The van der Waals surface area contributed by atoms with E-state index >= 15 is 0 Å². The molecule has 2 aromatic carbocycles. The summed E-state index contributed by atoms with van der Waals surface area (Å²) in [6.45, 7) is -0.177. The number of primary amides is 1. The SMILES string of the molecule is NC(=O)c1c(NC(=S)NC(=O)COc2ccc3ccccc3c2)sc2c1CCCC2. The summed E-state index contributed by atoms with van der Waals surface area (Å²) < 4.78 is 5.58. The van der Waals surface area contributed by atoms with Crippen LogP contribution < -0.4 is 21.1 Å². The lowest BCUT2D eigenvalue weighted by Gasteiger charge is -2.12. The molecule has 2 amide bonds. The van der Waals surface area contributed by atoms with Crippen molar-refractivity contribution in [3.05, 3.63) is 58.5 Å². The molecular formula is C22H21N3O3S2. The van der Waals surface area contributed by atoms with E-state index in [-0.39, 0.29) is 17.6 Å². The number of amides is 2. The van der Waals surface area contributed by atoms with Gasteiger partial charge >= 0.3 is 0 Å². The second kappa shape index (κ2) is 8.81. The van der Waals surface area contributed by atoms with Gasteiger partial charge in [-0.1, -0.05) is 30.3 Å². The molecule has 0 unspecified atom stereocenters. The first-order valence-corrected chi connectivity index (χ1v) is 10.9. The minimum atomic E-state index is -0.481. The summed E-state index contributed by atoms with van der Waals surface area (Å²) in [5, 5.41) is 8.40. The first-order chi connectivity index (χ1) is 14.5. The number of anilines is 1. The number of nitrogens with one attached hydrogen (secondary N) is 2. The molecule has 0 fully saturated rings. The van der Waals surface area contributed by atoms with Crippen LogP contribution in [-0.2, 0) is 17.6 Å². The monoisotopic (exact) mass is 439 g/mol. The van der Waals surface area contributed by atoms with E-state index in [1.54, 1.807) is 0 Å². The first-order valence-electron chi connectivity index (χ1n) is 9.68. The van der Waals surface area contributed by atoms with Gasteiger partial charge in [0.1, 0.15) is 10.8 Å². The van der Waals surface area contributed by atoms with Crippen LogP contribution in [-0.4, -0.2) is 23.5 Å². The largest absolute Gasteiger partial charge is 0.484 e. The van der Waals surface area contributed by atoms with Crippen molar-refractivity contribution in [3.8, 4) is 5.75 Å². The van der Waals surface area contributed by atoms with Crippen LogP contribution in [0.3, 0.4) is 0 Å². The number of carbonyl (C=O) groups excluding carboxylic acids is 2. The molecular weight excluding hydrogens is 418 g/mol. The van der Waals surface area contributed by atoms with E-state index in [0.717, 1.165) is 46.9 Å². The minimum absolute atomic E-state index is 0.114. The summed E-state index contributed by atoms with van der Waals surface area (Å²) >= 11 is 6.72. The Morgan fingerprint density at radius 1 is 1.10 bits per heavy atom. The third kappa shape index (κ3) is 4.44. The summed E-state index contributed by atoms with van der Waals surface area (Å²) in [5.41, 5.74) is 7.08. The van der Waals surface area contributed by atoms with Gasteiger partial charge in [-0.05, 0) is 66.4 Å². The van der Waals surface area contributed by atoms with Crippen molar-refractivity contribution in [3.63, 3.8) is 0 Å². The van der Waals surface area contributed by atoms with Gasteiger partial charge in [-0.3, -0.25) is 14.9 Å². The van der Waals surface area contributed by atoms with Crippen LogP contribution in [0, 0.1) is 0 Å². The van der Waals surface area contributed by atoms with Crippen molar-refractivity contribution in [1.82, 2.24) is 5.32 Å². The fourth-order valence-corrected chi connectivity index (χ4v) is 5.20. The van der Waals surface area contributed by atoms with E-state index < -0.39 is 5.91 Å². The predicted octanol–water partition coefficient (Wildman–Crippen LogP) is 3.77. The van der Waals surface area contributed by atoms with Crippen LogP contribution in [0.1, 0.15) is 33.6 Å². The molecule has 0 radical (unpaired) electrons. The third-order valence-corrected chi connectivity index (χ3v) is 6.40. The molecule has 0 atom stereocenters. The first kappa shape index (κ1) is 20.3. The van der Waals surface area contributed by atoms with E-state index in [1.807, 2.05) is 42.5 Å². The summed E-state index contributed by atoms with van der Waals surface area (Å²) in [5.74, 6) is -0.266. The smallest absolute Gasteiger partial charge is 0.264 e. The highest BCUT2D eigenvalue weighted by Crippen LogP contribution is 2.37. The molecule has 0 saturated carbocycles. The molecule has 6 nitrogen and oxygen atoms in total.